The zero-order chi connectivity index (χ0) is 19.0. The number of benzene rings is 1. The molecular formula is C19H16ClFN4O2. The van der Waals surface area contributed by atoms with Crippen LogP contribution in [-0.4, -0.2) is 21.1 Å². The van der Waals surface area contributed by atoms with Crippen molar-refractivity contribution in [3.05, 3.63) is 69.1 Å². The van der Waals surface area contributed by atoms with Crippen LogP contribution in [0.25, 0.3) is 11.1 Å². The van der Waals surface area contributed by atoms with Crippen molar-refractivity contribution in [2.24, 2.45) is 7.05 Å². The monoisotopic (exact) mass is 386 g/mol. The SMILES string of the molecule is Cn1c(NCc2c(F)ccc3c2CCO3)ncc(-c2cncc(Cl)c2)c1=O. The fraction of sp³-hybridized carbons (Fsp3) is 0.211. The van der Waals surface area contributed by atoms with Gasteiger partial charge in [-0.2, -0.15) is 0 Å². The van der Waals surface area contributed by atoms with E-state index < -0.39 is 0 Å². The van der Waals surface area contributed by atoms with Gasteiger partial charge in [-0.15, -0.1) is 0 Å². The van der Waals surface area contributed by atoms with E-state index in [1.54, 1.807) is 25.4 Å². The maximum Gasteiger partial charge on any atom is 0.262 e. The maximum atomic E-state index is 14.2. The molecule has 1 N–H and O–H groups in total. The van der Waals surface area contributed by atoms with E-state index in [-0.39, 0.29) is 17.9 Å². The van der Waals surface area contributed by atoms with Gasteiger partial charge in [-0.3, -0.25) is 14.3 Å². The molecular weight excluding hydrogens is 371 g/mol. The minimum absolute atomic E-state index is 0.205. The summed E-state index contributed by atoms with van der Waals surface area (Å²) in [4.78, 5) is 21.0. The number of ether oxygens (including phenoxy) is 1. The number of nitrogens with one attached hydrogen (secondary N) is 1. The lowest BCUT2D eigenvalue weighted by atomic mass is 10.0. The Labute approximate surface area is 159 Å². The summed E-state index contributed by atoms with van der Waals surface area (Å²) in [7, 11) is 1.61. The number of rotatable bonds is 4. The molecule has 4 rings (SSSR count). The van der Waals surface area contributed by atoms with Crippen molar-refractivity contribution in [2.75, 3.05) is 11.9 Å². The quantitative estimate of drug-likeness (QED) is 0.745. The van der Waals surface area contributed by atoms with Crippen molar-refractivity contribution in [3.8, 4) is 16.9 Å². The van der Waals surface area contributed by atoms with Gasteiger partial charge in [-0.1, -0.05) is 11.6 Å². The third-order valence-electron chi connectivity index (χ3n) is 4.55. The first-order valence-electron chi connectivity index (χ1n) is 8.38. The average Bonchev–Trinajstić information content (AvgIpc) is 3.13. The molecule has 2 aromatic heterocycles. The minimum Gasteiger partial charge on any atom is -0.493 e. The van der Waals surface area contributed by atoms with E-state index in [1.807, 2.05) is 0 Å². The van der Waals surface area contributed by atoms with Crippen LogP contribution in [0, 0.1) is 5.82 Å². The summed E-state index contributed by atoms with van der Waals surface area (Å²) in [5.41, 5.74) is 2.11. The second-order valence-electron chi connectivity index (χ2n) is 6.21. The molecule has 138 valence electrons. The number of halogens is 2. The number of fused-ring (bicyclic) bond motifs is 1. The Morgan fingerprint density at radius 3 is 3.00 bits per heavy atom. The Hall–Kier alpha value is -2.93. The topological polar surface area (TPSA) is 69.0 Å². The summed E-state index contributed by atoms with van der Waals surface area (Å²) in [6, 6.07) is 4.69. The van der Waals surface area contributed by atoms with Gasteiger partial charge in [0.1, 0.15) is 11.6 Å². The van der Waals surface area contributed by atoms with Gasteiger partial charge in [0.15, 0.2) is 0 Å². The molecule has 0 bridgehead atoms. The van der Waals surface area contributed by atoms with Crippen LogP contribution in [-0.2, 0) is 20.0 Å². The third kappa shape index (κ3) is 3.26. The number of hydrogen-bond acceptors (Lipinski definition) is 5. The lowest BCUT2D eigenvalue weighted by Gasteiger charge is -2.13. The van der Waals surface area contributed by atoms with Gasteiger partial charge in [0, 0.05) is 55.3 Å². The van der Waals surface area contributed by atoms with E-state index in [9.17, 15) is 9.18 Å². The molecule has 1 aliphatic rings. The molecule has 0 saturated carbocycles. The largest absolute Gasteiger partial charge is 0.493 e. The predicted octanol–water partition coefficient (Wildman–Crippen LogP) is 3.18. The molecule has 27 heavy (non-hydrogen) atoms. The molecule has 0 saturated heterocycles. The number of anilines is 1. The van der Waals surface area contributed by atoms with Crippen LogP contribution in [0.4, 0.5) is 10.3 Å². The zero-order valence-corrected chi connectivity index (χ0v) is 15.3. The molecule has 0 amide bonds. The highest BCUT2D eigenvalue weighted by molar-refractivity contribution is 6.30. The van der Waals surface area contributed by atoms with E-state index >= 15 is 0 Å². The Morgan fingerprint density at radius 2 is 2.19 bits per heavy atom. The summed E-state index contributed by atoms with van der Waals surface area (Å²) in [5, 5.41) is 3.48. The third-order valence-corrected chi connectivity index (χ3v) is 4.76. The van der Waals surface area contributed by atoms with Crippen LogP contribution in [0.5, 0.6) is 5.75 Å². The number of aromatic nitrogens is 3. The van der Waals surface area contributed by atoms with Crippen LogP contribution in [0.15, 0.2) is 41.6 Å². The van der Waals surface area contributed by atoms with Crippen molar-refractivity contribution in [1.82, 2.24) is 14.5 Å². The molecule has 6 nitrogen and oxygen atoms in total. The highest BCUT2D eigenvalue weighted by Crippen LogP contribution is 2.30. The van der Waals surface area contributed by atoms with Gasteiger partial charge in [0.25, 0.3) is 5.56 Å². The van der Waals surface area contributed by atoms with E-state index in [2.05, 4.69) is 15.3 Å². The highest BCUT2D eigenvalue weighted by Gasteiger charge is 2.20. The lowest BCUT2D eigenvalue weighted by molar-refractivity contribution is 0.356. The molecule has 0 fully saturated rings. The second-order valence-corrected chi connectivity index (χ2v) is 6.64. The fourth-order valence-electron chi connectivity index (χ4n) is 3.14. The van der Waals surface area contributed by atoms with Gasteiger partial charge in [0.05, 0.1) is 17.2 Å². The molecule has 0 atom stereocenters. The number of hydrogen-bond donors (Lipinski definition) is 1. The minimum atomic E-state index is -0.307. The summed E-state index contributed by atoms with van der Waals surface area (Å²) in [5.74, 6) is 0.742. The summed E-state index contributed by atoms with van der Waals surface area (Å²) in [6.07, 6.45) is 5.18. The second kappa shape index (κ2) is 7.00. The van der Waals surface area contributed by atoms with Crippen molar-refractivity contribution in [1.29, 1.82) is 0 Å². The molecule has 0 aliphatic carbocycles. The van der Waals surface area contributed by atoms with E-state index in [1.165, 1.54) is 23.0 Å². The van der Waals surface area contributed by atoms with Crippen LogP contribution >= 0.6 is 11.6 Å². The molecule has 0 radical (unpaired) electrons. The normalized spacial score (nSPS) is 12.6. The Balaban J connectivity index is 1.62. The van der Waals surface area contributed by atoms with Crippen molar-refractivity contribution < 1.29 is 9.13 Å². The summed E-state index contributed by atoms with van der Waals surface area (Å²) in [6.45, 7) is 0.752. The van der Waals surface area contributed by atoms with E-state index in [0.29, 0.717) is 46.4 Å². The molecule has 0 unspecified atom stereocenters. The van der Waals surface area contributed by atoms with E-state index in [4.69, 9.17) is 16.3 Å². The smallest absolute Gasteiger partial charge is 0.262 e. The first-order valence-corrected chi connectivity index (χ1v) is 8.76. The van der Waals surface area contributed by atoms with Crippen LogP contribution in [0.3, 0.4) is 0 Å². The first kappa shape index (κ1) is 17.5. The molecule has 3 aromatic rings. The Kier molecular flexibility index (Phi) is 4.53. The molecule has 1 aliphatic heterocycles. The van der Waals surface area contributed by atoms with Crippen LogP contribution in [0.1, 0.15) is 11.1 Å². The molecule has 8 heteroatoms. The number of pyridine rings is 1. The predicted molar refractivity (Wildman–Crippen MR) is 101 cm³/mol. The van der Waals surface area contributed by atoms with Gasteiger partial charge in [0.2, 0.25) is 5.95 Å². The van der Waals surface area contributed by atoms with Gasteiger partial charge in [-0.25, -0.2) is 9.37 Å². The molecule has 3 heterocycles. The Bertz CT molecular complexity index is 1080. The summed E-state index contributed by atoms with van der Waals surface area (Å²) >= 11 is 5.95. The maximum absolute atomic E-state index is 14.2. The standard InChI is InChI=1S/C19H16ClFN4O2/c1-25-18(26)14(11-6-12(20)8-22-7-11)9-23-19(25)24-10-15-13-4-5-27-17(13)3-2-16(15)21/h2-3,6-9H,4-5,10H2,1H3,(H,23,24). The van der Waals surface area contributed by atoms with Crippen LogP contribution < -0.4 is 15.6 Å². The van der Waals surface area contributed by atoms with Crippen molar-refractivity contribution in [3.63, 3.8) is 0 Å². The first-order chi connectivity index (χ1) is 13.0. The molecule has 1 aromatic carbocycles. The summed E-state index contributed by atoms with van der Waals surface area (Å²) < 4.78 is 21.1. The van der Waals surface area contributed by atoms with Gasteiger partial charge in [-0.05, 0) is 18.2 Å². The van der Waals surface area contributed by atoms with Crippen molar-refractivity contribution >= 4 is 17.5 Å². The van der Waals surface area contributed by atoms with Gasteiger partial charge >= 0.3 is 0 Å². The Morgan fingerprint density at radius 1 is 1.33 bits per heavy atom. The van der Waals surface area contributed by atoms with Crippen molar-refractivity contribution in [2.45, 2.75) is 13.0 Å². The van der Waals surface area contributed by atoms with Gasteiger partial charge < -0.3 is 10.1 Å². The van der Waals surface area contributed by atoms with Crippen LogP contribution in [0.2, 0.25) is 5.02 Å². The van der Waals surface area contributed by atoms with E-state index in [0.717, 1.165) is 5.56 Å². The molecule has 0 spiro atoms. The fourth-order valence-corrected chi connectivity index (χ4v) is 3.31. The average molecular weight is 387 g/mol. The zero-order valence-electron chi connectivity index (χ0n) is 14.5. The lowest BCUT2D eigenvalue weighted by Crippen LogP contribution is -2.23. The number of nitrogens with zero attached hydrogens (tertiary/aromatic N) is 3. The highest BCUT2D eigenvalue weighted by atomic mass is 35.5.